The van der Waals surface area contributed by atoms with Gasteiger partial charge in [0.2, 0.25) is 0 Å². The third-order valence-corrected chi connectivity index (χ3v) is 3.85. The van der Waals surface area contributed by atoms with Crippen molar-refractivity contribution in [1.82, 2.24) is 4.90 Å². The molecule has 1 aromatic rings. The Morgan fingerprint density at radius 3 is 2.65 bits per heavy atom. The summed E-state index contributed by atoms with van der Waals surface area (Å²) in [6, 6.07) is 9.16. The van der Waals surface area contributed by atoms with Crippen LogP contribution in [-0.2, 0) is 4.79 Å². The van der Waals surface area contributed by atoms with Crippen LogP contribution in [0.15, 0.2) is 43.0 Å². The number of likely N-dealkylation sites (tertiary alicyclic amines) is 1. The Balaban J connectivity index is 2.05. The number of aliphatic carboxylic acids is 1. The van der Waals surface area contributed by atoms with E-state index in [0.717, 1.165) is 0 Å². The normalized spacial score (nSPS) is 22.3. The van der Waals surface area contributed by atoms with Gasteiger partial charge in [-0.3, -0.25) is 9.59 Å². The monoisotopic (exact) mass is 273 g/mol. The Bertz CT molecular complexity index is 498. The van der Waals surface area contributed by atoms with Gasteiger partial charge >= 0.3 is 5.97 Å². The van der Waals surface area contributed by atoms with Gasteiger partial charge in [-0.25, -0.2) is 0 Å². The molecule has 1 heterocycles. The van der Waals surface area contributed by atoms with E-state index >= 15 is 0 Å². The number of carboxylic acid groups (broad SMARTS) is 1. The smallest absolute Gasteiger partial charge is 0.303 e. The van der Waals surface area contributed by atoms with Gasteiger partial charge in [0.1, 0.15) is 0 Å². The molecule has 1 aliphatic rings. The summed E-state index contributed by atoms with van der Waals surface area (Å²) in [5, 5.41) is 8.92. The average Bonchev–Trinajstić information content (AvgIpc) is 2.47. The molecular weight excluding hydrogens is 254 g/mol. The lowest BCUT2D eigenvalue weighted by Gasteiger charge is -2.36. The summed E-state index contributed by atoms with van der Waals surface area (Å²) >= 11 is 0. The fourth-order valence-electron chi connectivity index (χ4n) is 2.72. The second-order valence-electron chi connectivity index (χ2n) is 5.16. The molecule has 0 aromatic heterocycles. The van der Waals surface area contributed by atoms with E-state index < -0.39 is 5.97 Å². The molecule has 0 spiro atoms. The first-order chi connectivity index (χ1) is 9.61. The van der Waals surface area contributed by atoms with Gasteiger partial charge in [0, 0.05) is 25.1 Å². The Morgan fingerprint density at radius 1 is 1.35 bits per heavy atom. The lowest BCUT2D eigenvalue weighted by Crippen LogP contribution is -2.43. The molecule has 20 heavy (non-hydrogen) atoms. The standard InChI is InChI=1S/C16H19NO3/c1-2-12-11-17(9-8-14(12)10-15(18)19)16(20)13-6-4-3-5-7-13/h2-7,12,14H,1,8-11H2,(H,18,19)/t12-,14-/m0/s1. The molecule has 1 fully saturated rings. The molecule has 0 aliphatic carbocycles. The highest BCUT2D eigenvalue weighted by atomic mass is 16.4. The van der Waals surface area contributed by atoms with Crippen LogP contribution in [0.4, 0.5) is 0 Å². The van der Waals surface area contributed by atoms with Crippen molar-refractivity contribution in [2.75, 3.05) is 13.1 Å². The lowest BCUT2D eigenvalue weighted by molar-refractivity contribution is -0.138. The molecule has 0 saturated carbocycles. The van der Waals surface area contributed by atoms with Gasteiger partial charge in [0.25, 0.3) is 5.91 Å². The number of hydrogen-bond donors (Lipinski definition) is 1. The minimum atomic E-state index is -0.787. The molecule has 1 saturated heterocycles. The number of benzene rings is 1. The number of carboxylic acids is 1. The number of piperidine rings is 1. The molecule has 0 bridgehead atoms. The Morgan fingerprint density at radius 2 is 2.05 bits per heavy atom. The summed E-state index contributed by atoms with van der Waals surface area (Å²) in [5.74, 6) is -0.659. The van der Waals surface area contributed by atoms with E-state index in [1.807, 2.05) is 18.2 Å². The van der Waals surface area contributed by atoms with E-state index in [2.05, 4.69) is 6.58 Å². The van der Waals surface area contributed by atoms with Crippen molar-refractivity contribution in [2.24, 2.45) is 11.8 Å². The fourth-order valence-corrected chi connectivity index (χ4v) is 2.72. The van der Waals surface area contributed by atoms with E-state index in [-0.39, 0.29) is 24.2 Å². The zero-order valence-electron chi connectivity index (χ0n) is 11.4. The number of rotatable bonds is 4. The predicted molar refractivity (Wildman–Crippen MR) is 76.4 cm³/mol. The quantitative estimate of drug-likeness (QED) is 0.857. The van der Waals surface area contributed by atoms with Crippen molar-refractivity contribution in [3.05, 3.63) is 48.6 Å². The van der Waals surface area contributed by atoms with Gasteiger partial charge in [0.05, 0.1) is 0 Å². The third kappa shape index (κ3) is 3.26. The largest absolute Gasteiger partial charge is 0.481 e. The lowest BCUT2D eigenvalue weighted by atomic mass is 9.83. The molecule has 4 nitrogen and oxygen atoms in total. The number of amides is 1. The Labute approximate surface area is 118 Å². The van der Waals surface area contributed by atoms with Crippen LogP contribution in [0.5, 0.6) is 0 Å². The van der Waals surface area contributed by atoms with Gasteiger partial charge in [-0.15, -0.1) is 6.58 Å². The summed E-state index contributed by atoms with van der Waals surface area (Å²) in [5.41, 5.74) is 0.673. The van der Waals surface area contributed by atoms with Crippen LogP contribution in [0, 0.1) is 11.8 Å². The zero-order chi connectivity index (χ0) is 14.5. The van der Waals surface area contributed by atoms with Crippen LogP contribution in [0.25, 0.3) is 0 Å². The van der Waals surface area contributed by atoms with Crippen molar-refractivity contribution in [1.29, 1.82) is 0 Å². The molecule has 1 N–H and O–H groups in total. The van der Waals surface area contributed by atoms with Crippen molar-refractivity contribution < 1.29 is 14.7 Å². The summed E-state index contributed by atoms with van der Waals surface area (Å²) in [6.45, 7) is 4.94. The van der Waals surface area contributed by atoms with E-state index in [0.29, 0.717) is 25.1 Å². The zero-order valence-corrected chi connectivity index (χ0v) is 11.4. The second-order valence-corrected chi connectivity index (χ2v) is 5.16. The summed E-state index contributed by atoms with van der Waals surface area (Å²) in [4.78, 5) is 25.0. The molecule has 2 atom stereocenters. The van der Waals surface area contributed by atoms with Gasteiger partial charge in [0.15, 0.2) is 0 Å². The third-order valence-electron chi connectivity index (χ3n) is 3.85. The van der Waals surface area contributed by atoms with E-state index in [1.165, 1.54) is 0 Å². The molecule has 1 aliphatic heterocycles. The highest BCUT2D eigenvalue weighted by Crippen LogP contribution is 2.28. The van der Waals surface area contributed by atoms with Gasteiger partial charge in [-0.2, -0.15) is 0 Å². The summed E-state index contributed by atoms with van der Waals surface area (Å²) < 4.78 is 0. The first-order valence-corrected chi connectivity index (χ1v) is 6.80. The van der Waals surface area contributed by atoms with Crippen molar-refractivity contribution in [2.45, 2.75) is 12.8 Å². The Kier molecular flexibility index (Phi) is 4.56. The van der Waals surface area contributed by atoms with E-state index in [1.54, 1.807) is 23.1 Å². The number of carbonyl (C=O) groups is 2. The van der Waals surface area contributed by atoms with Gasteiger partial charge in [-0.05, 0) is 30.4 Å². The van der Waals surface area contributed by atoms with E-state index in [9.17, 15) is 9.59 Å². The molecular formula is C16H19NO3. The first kappa shape index (κ1) is 14.3. The molecule has 0 radical (unpaired) electrons. The summed E-state index contributed by atoms with van der Waals surface area (Å²) in [6.07, 6.45) is 2.63. The van der Waals surface area contributed by atoms with Crippen LogP contribution in [-0.4, -0.2) is 35.0 Å². The van der Waals surface area contributed by atoms with Crippen LogP contribution in [0.3, 0.4) is 0 Å². The number of nitrogens with zero attached hydrogens (tertiary/aromatic N) is 1. The van der Waals surface area contributed by atoms with Crippen molar-refractivity contribution >= 4 is 11.9 Å². The van der Waals surface area contributed by atoms with Crippen LogP contribution >= 0.6 is 0 Å². The van der Waals surface area contributed by atoms with Crippen molar-refractivity contribution in [3.63, 3.8) is 0 Å². The maximum Gasteiger partial charge on any atom is 0.303 e. The number of carbonyl (C=O) groups excluding carboxylic acids is 1. The minimum Gasteiger partial charge on any atom is -0.481 e. The summed E-state index contributed by atoms with van der Waals surface area (Å²) in [7, 11) is 0. The second kappa shape index (κ2) is 6.37. The molecule has 2 rings (SSSR count). The average molecular weight is 273 g/mol. The van der Waals surface area contributed by atoms with E-state index in [4.69, 9.17) is 5.11 Å². The van der Waals surface area contributed by atoms with Crippen LogP contribution in [0.1, 0.15) is 23.2 Å². The predicted octanol–water partition coefficient (Wildman–Crippen LogP) is 2.43. The minimum absolute atomic E-state index is 0.00576. The highest BCUT2D eigenvalue weighted by molar-refractivity contribution is 5.94. The molecule has 4 heteroatoms. The SMILES string of the molecule is C=C[C@H]1CN(C(=O)c2ccccc2)CC[C@H]1CC(=O)O. The topological polar surface area (TPSA) is 57.6 Å². The maximum atomic E-state index is 12.4. The highest BCUT2D eigenvalue weighted by Gasteiger charge is 2.31. The molecule has 1 amide bonds. The fraction of sp³-hybridized carbons (Fsp3) is 0.375. The van der Waals surface area contributed by atoms with Crippen LogP contribution in [0.2, 0.25) is 0 Å². The van der Waals surface area contributed by atoms with Gasteiger partial charge in [-0.1, -0.05) is 24.3 Å². The molecule has 106 valence electrons. The Hall–Kier alpha value is -2.10. The maximum absolute atomic E-state index is 12.4. The van der Waals surface area contributed by atoms with Gasteiger partial charge < -0.3 is 10.0 Å². The first-order valence-electron chi connectivity index (χ1n) is 6.80. The molecule has 1 aromatic carbocycles. The van der Waals surface area contributed by atoms with Crippen molar-refractivity contribution in [3.8, 4) is 0 Å². The van der Waals surface area contributed by atoms with Crippen LogP contribution < -0.4 is 0 Å². The molecule has 0 unspecified atom stereocenters. The number of hydrogen-bond acceptors (Lipinski definition) is 2.